The molecule has 4 rings (SSSR count). The lowest BCUT2D eigenvalue weighted by atomic mass is 9.48. The number of nitrogens with one attached hydrogen (secondary N) is 1. The smallest absolute Gasteiger partial charge is 0.407 e. The summed E-state index contributed by atoms with van der Waals surface area (Å²) >= 11 is 0. The van der Waals surface area contributed by atoms with Gasteiger partial charge in [-0.15, -0.1) is 0 Å². The summed E-state index contributed by atoms with van der Waals surface area (Å²) in [7, 11) is 0. The first kappa shape index (κ1) is 19.2. The van der Waals surface area contributed by atoms with Gasteiger partial charge in [0.05, 0.1) is 6.54 Å². The number of carbonyl (C=O) groups is 2. The largest absolute Gasteiger partial charge is 0.460 e. The van der Waals surface area contributed by atoms with Crippen molar-refractivity contribution in [3.63, 3.8) is 0 Å². The highest BCUT2D eigenvalue weighted by Gasteiger charge is 2.59. The molecule has 4 bridgehead atoms. The van der Waals surface area contributed by atoms with E-state index >= 15 is 0 Å². The molecule has 0 aromatic rings. The highest BCUT2D eigenvalue weighted by Crippen LogP contribution is 2.61. The molecule has 0 heterocycles. The van der Waals surface area contributed by atoms with E-state index in [1.165, 1.54) is 32.1 Å². The van der Waals surface area contributed by atoms with Crippen molar-refractivity contribution < 1.29 is 19.1 Å². The van der Waals surface area contributed by atoms with E-state index in [0.29, 0.717) is 23.3 Å². The van der Waals surface area contributed by atoms with E-state index in [2.05, 4.69) is 25.7 Å². The fourth-order valence-corrected chi connectivity index (χ4v) is 5.79. The van der Waals surface area contributed by atoms with Crippen molar-refractivity contribution in [1.29, 1.82) is 0 Å². The van der Waals surface area contributed by atoms with Gasteiger partial charge in [0.2, 0.25) is 0 Å². The van der Waals surface area contributed by atoms with Gasteiger partial charge in [-0.1, -0.05) is 20.4 Å². The Bertz CT molecular complexity index is 540. The summed E-state index contributed by atoms with van der Waals surface area (Å²) in [6, 6.07) is 0. The molecule has 0 aromatic carbocycles. The SMILES string of the molecule is C=C(C)C(=O)OCCNC(=O)OC1(CC(C)C)C2CC3CC(C2)CC1C3. The first-order valence-electron chi connectivity index (χ1n) is 10.1. The number of hydrogen-bond acceptors (Lipinski definition) is 4. The second-order valence-corrected chi connectivity index (χ2v) is 9.09. The fourth-order valence-electron chi connectivity index (χ4n) is 5.79. The van der Waals surface area contributed by atoms with Gasteiger partial charge < -0.3 is 14.8 Å². The van der Waals surface area contributed by atoms with Crippen LogP contribution < -0.4 is 5.32 Å². The normalized spacial score (nSPS) is 34.6. The molecule has 1 amide bonds. The van der Waals surface area contributed by atoms with Gasteiger partial charge in [-0.05, 0) is 75.0 Å². The number of rotatable bonds is 7. The van der Waals surface area contributed by atoms with Crippen molar-refractivity contribution in [3.05, 3.63) is 12.2 Å². The first-order valence-corrected chi connectivity index (χ1v) is 10.1. The summed E-state index contributed by atoms with van der Waals surface area (Å²) in [5.74, 6) is 2.76. The Morgan fingerprint density at radius 1 is 1.12 bits per heavy atom. The van der Waals surface area contributed by atoms with Crippen LogP contribution in [0.1, 0.15) is 59.3 Å². The zero-order valence-electron chi connectivity index (χ0n) is 16.4. The molecule has 0 unspecified atom stereocenters. The van der Waals surface area contributed by atoms with Gasteiger partial charge in [-0.3, -0.25) is 0 Å². The van der Waals surface area contributed by atoms with E-state index in [1.807, 2.05) is 0 Å². The maximum Gasteiger partial charge on any atom is 0.407 e. The van der Waals surface area contributed by atoms with Crippen molar-refractivity contribution in [1.82, 2.24) is 5.32 Å². The van der Waals surface area contributed by atoms with Crippen molar-refractivity contribution >= 4 is 12.1 Å². The summed E-state index contributed by atoms with van der Waals surface area (Å²) in [6.07, 6.45) is 6.80. The molecule has 5 nitrogen and oxygen atoms in total. The van der Waals surface area contributed by atoms with Gasteiger partial charge >= 0.3 is 12.1 Å². The second-order valence-electron chi connectivity index (χ2n) is 9.09. The summed E-state index contributed by atoms with van der Waals surface area (Å²) in [5, 5.41) is 2.77. The molecule has 4 saturated carbocycles. The quantitative estimate of drug-likeness (QED) is 0.421. The van der Waals surface area contributed by atoms with Crippen molar-refractivity contribution in [3.8, 4) is 0 Å². The van der Waals surface area contributed by atoms with Crippen LogP contribution in [0, 0.1) is 29.6 Å². The Labute approximate surface area is 156 Å². The molecule has 0 aliphatic heterocycles. The fraction of sp³-hybridized carbons (Fsp3) is 0.810. The minimum atomic E-state index is -0.433. The molecular formula is C21H33NO4. The zero-order valence-corrected chi connectivity index (χ0v) is 16.4. The van der Waals surface area contributed by atoms with Crippen LogP contribution in [0.15, 0.2) is 12.2 Å². The Kier molecular flexibility index (Phi) is 5.64. The van der Waals surface area contributed by atoms with Crippen LogP contribution in [0.25, 0.3) is 0 Å². The third-order valence-corrected chi connectivity index (χ3v) is 6.48. The van der Waals surface area contributed by atoms with Crippen LogP contribution in [0.3, 0.4) is 0 Å². The van der Waals surface area contributed by atoms with E-state index in [0.717, 1.165) is 18.3 Å². The molecule has 0 saturated heterocycles. The van der Waals surface area contributed by atoms with Crippen LogP contribution >= 0.6 is 0 Å². The Morgan fingerprint density at radius 2 is 1.69 bits per heavy atom. The topological polar surface area (TPSA) is 64.6 Å². The molecule has 0 aromatic heterocycles. The third-order valence-electron chi connectivity index (χ3n) is 6.48. The lowest BCUT2D eigenvalue weighted by molar-refractivity contribution is -0.181. The average Bonchev–Trinajstić information content (AvgIpc) is 2.55. The predicted octanol–water partition coefficient (Wildman–Crippen LogP) is 4.07. The van der Waals surface area contributed by atoms with Gasteiger partial charge in [0.15, 0.2) is 0 Å². The van der Waals surface area contributed by atoms with Crippen LogP contribution in [-0.2, 0) is 14.3 Å². The standard InChI is InChI=1S/C21H33NO4/c1-13(2)12-21(17-8-15-7-16(10-17)11-18(21)9-15)26-20(24)22-5-6-25-19(23)14(3)4/h13,15-18H,3,5-12H2,1-2,4H3,(H,22,24). The Morgan fingerprint density at radius 3 is 2.19 bits per heavy atom. The van der Waals surface area contributed by atoms with Gasteiger partial charge in [-0.25, -0.2) is 9.59 Å². The zero-order chi connectivity index (χ0) is 18.9. The average molecular weight is 363 g/mol. The summed E-state index contributed by atoms with van der Waals surface area (Å²) in [6.45, 7) is 9.96. The molecule has 0 atom stereocenters. The number of amides is 1. The highest BCUT2D eigenvalue weighted by atomic mass is 16.6. The molecule has 4 aliphatic carbocycles. The third kappa shape index (κ3) is 3.91. The molecule has 146 valence electrons. The summed E-state index contributed by atoms with van der Waals surface area (Å²) < 4.78 is 11.2. The monoisotopic (exact) mass is 363 g/mol. The Hall–Kier alpha value is -1.52. The van der Waals surface area contributed by atoms with Crippen LogP contribution in [0.4, 0.5) is 4.79 Å². The molecule has 5 heteroatoms. The summed E-state index contributed by atoms with van der Waals surface area (Å²) in [5.41, 5.74) is 0.0529. The van der Waals surface area contributed by atoms with Gasteiger partial charge in [0.25, 0.3) is 0 Å². The molecule has 26 heavy (non-hydrogen) atoms. The van der Waals surface area contributed by atoms with Gasteiger partial charge in [0, 0.05) is 5.57 Å². The summed E-state index contributed by atoms with van der Waals surface area (Å²) in [4.78, 5) is 23.9. The van der Waals surface area contributed by atoms with E-state index in [-0.39, 0.29) is 24.8 Å². The maximum absolute atomic E-state index is 12.5. The Balaban J connectivity index is 1.58. The first-order chi connectivity index (χ1) is 12.3. The van der Waals surface area contributed by atoms with Crippen molar-refractivity contribution in [2.75, 3.05) is 13.2 Å². The second kappa shape index (κ2) is 7.61. The van der Waals surface area contributed by atoms with E-state index < -0.39 is 5.97 Å². The van der Waals surface area contributed by atoms with Crippen LogP contribution in [0.5, 0.6) is 0 Å². The highest BCUT2D eigenvalue weighted by molar-refractivity contribution is 5.86. The molecule has 4 aliphatic rings. The van der Waals surface area contributed by atoms with E-state index in [9.17, 15) is 9.59 Å². The van der Waals surface area contributed by atoms with Gasteiger partial charge in [0.1, 0.15) is 12.2 Å². The van der Waals surface area contributed by atoms with Crippen molar-refractivity contribution in [2.45, 2.75) is 64.9 Å². The molecule has 1 N–H and O–H groups in total. The number of hydrogen-bond donors (Lipinski definition) is 1. The molecule has 0 spiro atoms. The number of alkyl carbamates (subject to hydrolysis) is 1. The van der Waals surface area contributed by atoms with Gasteiger partial charge in [-0.2, -0.15) is 0 Å². The lowest BCUT2D eigenvalue weighted by Crippen LogP contribution is -2.61. The molecular weight excluding hydrogens is 330 g/mol. The lowest BCUT2D eigenvalue weighted by Gasteiger charge is -2.60. The minimum Gasteiger partial charge on any atom is -0.460 e. The maximum atomic E-state index is 12.5. The molecule has 0 radical (unpaired) electrons. The predicted molar refractivity (Wildman–Crippen MR) is 99.5 cm³/mol. The number of esters is 1. The van der Waals surface area contributed by atoms with Crippen LogP contribution in [0.2, 0.25) is 0 Å². The number of carbonyl (C=O) groups excluding carboxylic acids is 2. The molecule has 4 fully saturated rings. The minimum absolute atomic E-state index is 0.134. The van der Waals surface area contributed by atoms with Crippen molar-refractivity contribution in [2.24, 2.45) is 29.6 Å². The number of ether oxygens (including phenoxy) is 2. The van der Waals surface area contributed by atoms with E-state index in [4.69, 9.17) is 9.47 Å². The van der Waals surface area contributed by atoms with E-state index in [1.54, 1.807) is 6.92 Å². The van der Waals surface area contributed by atoms with Crippen LogP contribution in [-0.4, -0.2) is 30.8 Å².